The fourth-order valence-corrected chi connectivity index (χ4v) is 4.24. The number of hydrogen-bond acceptors (Lipinski definition) is 3. The lowest BCUT2D eigenvalue weighted by Crippen LogP contribution is -2.45. The van der Waals surface area contributed by atoms with Crippen LogP contribution in [0.3, 0.4) is 0 Å². The van der Waals surface area contributed by atoms with Crippen LogP contribution in [0, 0.1) is 25.7 Å². The van der Waals surface area contributed by atoms with E-state index >= 15 is 0 Å². The minimum absolute atomic E-state index is 0.184. The van der Waals surface area contributed by atoms with E-state index in [2.05, 4.69) is 43.6 Å². The Morgan fingerprint density at radius 1 is 1.22 bits per heavy atom. The molecule has 5 heteroatoms. The van der Waals surface area contributed by atoms with Crippen LogP contribution in [0.5, 0.6) is 0 Å². The highest BCUT2D eigenvalue weighted by atomic mass is 16.5. The molecule has 3 atom stereocenters. The van der Waals surface area contributed by atoms with E-state index < -0.39 is 5.97 Å². The summed E-state index contributed by atoms with van der Waals surface area (Å²) >= 11 is 0. The average molecular weight is 373 g/mol. The third-order valence-corrected chi connectivity index (χ3v) is 6.23. The Morgan fingerprint density at radius 3 is 2.67 bits per heavy atom. The predicted octanol–water partition coefficient (Wildman–Crippen LogP) is 3.94. The highest BCUT2D eigenvalue weighted by Crippen LogP contribution is 2.38. The average Bonchev–Trinajstić information content (AvgIpc) is 3.41. The van der Waals surface area contributed by atoms with Gasteiger partial charge in [0.05, 0.1) is 0 Å². The molecule has 5 nitrogen and oxygen atoms in total. The van der Waals surface area contributed by atoms with Crippen molar-refractivity contribution in [2.45, 2.75) is 71.9 Å². The van der Waals surface area contributed by atoms with E-state index in [1.54, 1.807) is 6.08 Å². The molecular formula is C22H32N2O3. The van der Waals surface area contributed by atoms with Gasteiger partial charge in [-0.3, -0.25) is 4.79 Å². The SMILES string of the molecule is Cc1cc(/C=C/C(=O)OCC(=O)N[C@@H]2CCC[C@H](C)[C@@H]2C)c(C)n1C1CC1. The van der Waals surface area contributed by atoms with E-state index in [1.165, 1.54) is 36.7 Å². The Kier molecular flexibility index (Phi) is 6.08. The zero-order chi connectivity index (χ0) is 19.6. The Bertz CT molecular complexity index is 730. The molecule has 1 aromatic heterocycles. The predicted molar refractivity (Wildman–Crippen MR) is 106 cm³/mol. The summed E-state index contributed by atoms with van der Waals surface area (Å²) in [6, 6.07) is 2.89. The molecule has 2 saturated carbocycles. The minimum Gasteiger partial charge on any atom is -0.452 e. The minimum atomic E-state index is -0.480. The number of carbonyl (C=O) groups excluding carboxylic acids is 2. The number of nitrogens with zero attached hydrogens (tertiary/aromatic N) is 1. The van der Waals surface area contributed by atoms with Crippen molar-refractivity contribution < 1.29 is 14.3 Å². The Hall–Kier alpha value is -2.04. The molecule has 2 aliphatic rings. The number of rotatable bonds is 6. The summed E-state index contributed by atoms with van der Waals surface area (Å²) in [5.41, 5.74) is 3.43. The van der Waals surface area contributed by atoms with Crippen LogP contribution in [0.1, 0.15) is 68.9 Å². The van der Waals surface area contributed by atoms with Gasteiger partial charge in [0.25, 0.3) is 5.91 Å². The summed E-state index contributed by atoms with van der Waals surface area (Å²) in [5.74, 6) is 0.380. The van der Waals surface area contributed by atoms with Gasteiger partial charge in [-0.25, -0.2) is 4.79 Å². The van der Waals surface area contributed by atoms with E-state index in [1.807, 2.05) is 0 Å². The van der Waals surface area contributed by atoms with Gasteiger partial charge in [-0.1, -0.05) is 26.7 Å². The first-order chi connectivity index (χ1) is 12.9. The molecule has 2 aliphatic carbocycles. The number of aromatic nitrogens is 1. The van der Waals surface area contributed by atoms with Crippen molar-refractivity contribution in [2.24, 2.45) is 11.8 Å². The van der Waals surface area contributed by atoms with Gasteiger partial charge in [0.2, 0.25) is 0 Å². The number of aryl methyl sites for hydroxylation is 1. The lowest BCUT2D eigenvalue weighted by atomic mass is 9.78. The van der Waals surface area contributed by atoms with Crippen molar-refractivity contribution >= 4 is 18.0 Å². The smallest absolute Gasteiger partial charge is 0.331 e. The molecule has 0 unspecified atom stereocenters. The molecule has 0 radical (unpaired) electrons. The summed E-state index contributed by atoms with van der Waals surface area (Å²) in [4.78, 5) is 24.1. The van der Waals surface area contributed by atoms with E-state index in [4.69, 9.17) is 4.74 Å². The highest BCUT2D eigenvalue weighted by molar-refractivity contribution is 5.89. The summed E-state index contributed by atoms with van der Waals surface area (Å²) in [5, 5.41) is 3.02. The zero-order valence-corrected chi connectivity index (χ0v) is 17.0. The fraction of sp³-hybridized carbons (Fsp3) is 0.636. The summed E-state index contributed by atoms with van der Waals surface area (Å²) in [7, 11) is 0. The van der Waals surface area contributed by atoms with Crippen molar-refractivity contribution in [2.75, 3.05) is 6.61 Å². The van der Waals surface area contributed by atoms with Gasteiger partial charge in [-0.15, -0.1) is 0 Å². The molecule has 1 amide bonds. The third-order valence-electron chi connectivity index (χ3n) is 6.23. The molecule has 0 bridgehead atoms. The topological polar surface area (TPSA) is 60.3 Å². The van der Waals surface area contributed by atoms with Crippen LogP contribution in [0.4, 0.5) is 0 Å². The highest BCUT2D eigenvalue weighted by Gasteiger charge is 2.28. The molecule has 0 spiro atoms. The maximum Gasteiger partial charge on any atom is 0.331 e. The molecule has 148 valence electrons. The second kappa shape index (κ2) is 8.32. The van der Waals surface area contributed by atoms with Crippen molar-refractivity contribution in [3.05, 3.63) is 29.1 Å². The normalized spacial score (nSPS) is 25.6. The number of amides is 1. The van der Waals surface area contributed by atoms with E-state index in [-0.39, 0.29) is 18.6 Å². The van der Waals surface area contributed by atoms with Crippen LogP contribution < -0.4 is 5.32 Å². The monoisotopic (exact) mass is 372 g/mol. The molecule has 0 saturated heterocycles. The van der Waals surface area contributed by atoms with Gasteiger partial charge >= 0.3 is 5.97 Å². The Labute approximate surface area is 162 Å². The molecule has 3 rings (SSSR count). The van der Waals surface area contributed by atoms with E-state index in [9.17, 15) is 9.59 Å². The second-order valence-corrected chi connectivity index (χ2v) is 8.31. The van der Waals surface area contributed by atoms with Crippen molar-refractivity contribution in [3.8, 4) is 0 Å². The van der Waals surface area contributed by atoms with Gasteiger partial charge < -0.3 is 14.6 Å². The Balaban J connectivity index is 1.47. The van der Waals surface area contributed by atoms with Crippen molar-refractivity contribution in [1.29, 1.82) is 0 Å². The quantitative estimate of drug-likeness (QED) is 0.608. The lowest BCUT2D eigenvalue weighted by molar-refractivity contribution is -0.144. The molecule has 27 heavy (non-hydrogen) atoms. The largest absolute Gasteiger partial charge is 0.452 e. The van der Waals surface area contributed by atoms with Crippen molar-refractivity contribution in [3.63, 3.8) is 0 Å². The maximum absolute atomic E-state index is 12.1. The molecule has 1 heterocycles. The Morgan fingerprint density at radius 2 is 1.96 bits per heavy atom. The maximum atomic E-state index is 12.1. The van der Waals surface area contributed by atoms with Crippen LogP contribution in [-0.2, 0) is 14.3 Å². The van der Waals surface area contributed by atoms with E-state index in [0.29, 0.717) is 17.9 Å². The number of hydrogen-bond donors (Lipinski definition) is 1. The van der Waals surface area contributed by atoms with Gasteiger partial charge in [0.1, 0.15) is 0 Å². The summed E-state index contributed by atoms with van der Waals surface area (Å²) in [6.07, 6.45) is 9.02. The van der Waals surface area contributed by atoms with Gasteiger partial charge in [-0.05, 0) is 62.7 Å². The van der Waals surface area contributed by atoms with Crippen LogP contribution >= 0.6 is 0 Å². The van der Waals surface area contributed by atoms with Gasteiger partial charge in [0.15, 0.2) is 6.61 Å². The lowest BCUT2D eigenvalue weighted by Gasteiger charge is -2.34. The van der Waals surface area contributed by atoms with Crippen molar-refractivity contribution in [1.82, 2.24) is 9.88 Å². The number of ether oxygens (including phenoxy) is 1. The molecule has 1 N–H and O–H groups in total. The summed E-state index contributed by atoms with van der Waals surface area (Å²) < 4.78 is 7.46. The number of carbonyl (C=O) groups is 2. The second-order valence-electron chi connectivity index (χ2n) is 8.31. The van der Waals surface area contributed by atoms with Gasteiger partial charge in [-0.2, -0.15) is 0 Å². The van der Waals surface area contributed by atoms with Crippen LogP contribution in [0.15, 0.2) is 12.1 Å². The third kappa shape index (κ3) is 4.82. The first-order valence-corrected chi connectivity index (χ1v) is 10.2. The first kappa shape index (κ1) is 19.7. The number of esters is 1. The van der Waals surface area contributed by atoms with Crippen LogP contribution in [-0.4, -0.2) is 29.1 Å². The summed E-state index contributed by atoms with van der Waals surface area (Å²) in [6.45, 7) is 8.37. The molecule has 0 aliphatic heterocycles. The van der Waals surface area contributed by atoms with Crippen LogP contribution in [0.25, 0.3) is 6.08 Å². The molecular weight excluding hydrogens is 340 g/mol. The first-order valence-electron chi connectivity index (χ1n) is 10.2. The standard InChI is InChI=1S/C22H32N2O3/c1-14-6-5-7-20(16(14)3)23-21(25)13-27-22(26)11-8-18-12-15(2)24(17(18)4)19-9-10-19/h8,11-12,14,16,19-20H,5-7,9-10,13H2,1-4H3,(H,23,25)/b11-8+/t14-,16-,20+/m0/s1. The fourth-order valence-electron chi connectivity index (χ4n) is 4.24. The molecule has 2 fully saturated rings. The molecule has 1 aromatic rings. The van der Waals surface area contributed by atoms with Gasteiger partial charge in [0, 0.05) is 29.5 Å². The molecule has 0 aromatic carbocycles. The van der Waals surface area contributed by atoms with E-state index in [0.717, 1.165) is 18.4 Å². The number of nitrogens with one attached hydrogen (secondary N) is 1. The zero-order valence-electron chi connectivity index (χ0n) is 17.0. The van der Waals surface area contributed by atoms with Crippen LogP contribution in [0.2, 0.25) is 0 Å².